The molecule has 6 nitrogen and oxygen atoms in total. The fraction of sp³-hybridized carbons (Fsp3) is 0.652. The van der Waals surface area contributed by atoms with E-state index < -0.39 is 19.7 Å². The summed E-state index contributed by atoms with van der Waals surface area (Å²) in [6, 6.07) is 0. The summed E-state index contributed by atoms with van der Waals surface area (Å²) >= 11 is 0. The van der Waals surface area contributed by atoms with Crippen molar-refractivity contribution in [3.05, 3.63) is 19.1 Å². The quantitative estimate of drug-likeness (QED) is 0.143. The van der Waals surface area contributed by atoms with Crippen molar-refractivity contribution in [2.75, 3.05) is 54.1 Å². The van der Waals surface area contributed by atoms with Crippen LogP contribution in [0.25, 0.3) is 0 Å². The molecule has 174 valence electrons. The number of hydrogen-bond acceptors (Lipinski definition) is 6. The van der Waals surface area contributed by atoms with E-state index in [4.69, 9.17) is 36.2 Å². The topological polar surface area (TPSA) is 55.4 Å². The molecule has 0 saturated carbocycles. The van der Waals surface area contributed by atoms with Gasteiger partial charge in [-0.15, -0.1) is 0 Å². The van der Waals surface area contributed by atoms with Crippen molar-refractivity contribution in [1.82, 2.24) is 0 Å². The molecule has 0 aliphatic carbocycles. The summed E-state index contributed by atoms with van der Waals surface area (Å²) in [5.74, 6) is 11.3. The first kappa shape index (κ1) is 37.4. The summed E-state index contributed by atoms with van der Waals surface area (Å²) in [6.45, 7) is 14.4. The minimum Gasteiger partial charge on any atom is -0.697 e. The van der Waals surface area contributed by atoms with Crippen molar-refractivity contribution < 1.29 is 63.7 Å². The molecule has 0 aromatic rings. The van der Waals surface area contributed by atoms with Crippen LogP contribution in [0.2, 0.25) is 0 Å². The molecule has 0 aliphatic heterocycles. The predicted octanol–water partition coefficient (Wildman–Crippen LogP) is 0.770. The Bertz CT molecular complexity index is 474. The van der Waals surface area contributed by atoms with Gasteiger partial charge in [-0.25, -0.2) is 0 Å². The van der Waals surface area contributed by atoms with Gasteiger partial charge in [-0.1, -0.05) is 18.4 Å². The van der Waals surface area contributed by atoms with Crippen molar-refractivity contribution in [3.8, 4) is 30.1 Å². The molecule has 0 aromatic carbocycles. The first-order valence-electron chi connectivity index (χ1n) is 10.1. The summed E-state index contributed by atoms with van der Waals surface area (Å²) in [6.07, 6.45) is 10.4. The van der Waals surface area contributed by atoms with Crippen LogP contribution in [0.5, 0.6) is 0 Å². The molecule has 0 unspecified atom stereocenters. The van der Waals surface area contributed by atoms with Gasteiger partial charge in [0.15, 0.2) is 0 Å². The van der Waals surface area contributed by atoms with Crippen molar-refractivity contribution >= 4 is 0 Å². The molecule has 0 heterocycles. The Morgan fingerprint density at radius 1 is 1.00 bits per heavy atom. The Kier molecular flexibility index (Phi) is 52.0. The van der Waals surface area contributed by atoms with Crippen LogP contribution in [-0.2, 0) is 28.4 Å². The van der Waals surface area contributed by atoms with Gasteiger partial charge in [-0.2, -0.15) is 0 Å². The summed E-state index contributed by atoms with van der Waals surface area (Å²) in [4.78, 5) is 0. The van der Waals surface area contributed by atoms with Crippen LogP contribution < -0.4 is 29.6 Å². The van der Waals surface area contributed by atoms with Gasteiger partial charge in [0.25, 0.3) is 0 Å². The number of methoxy groups -OCH3 is 1. The molecule has 0 rings (SSSR count). The van der Waals surface area contributed by atoms with E-state index in [2.05, 4.69) is 36.7 Å². The van der Waals surface area contributed by atoms with Gasteiger partial charge in [0.05, 0.1) is 15.1 Å². The van der Waals surface area contributed by atoms with Crippen LogP contribution in [0.15, 0.2) is 12.7 Å². The molecule has 0 bridgehead atoms. The van der Waals surface area contributed by atoms with Crippen LogP contribution in [0, 0.1) is 36.5 Å². The zero-order valence-corrected chi connectivity index (χ0v) is 22.0. The van der Waals surface area contributed by atoms with E-state index >= 15 is 0 Å². The molecule has 0 aliphatic rings. The maximum Gasteiger partial charge on any atom is 1.00 e. The molecule has 0 N–H and O–H groups in total. The third kappa shape index (κ3) is 40.1. The number of hydrogen-bond donors (Lipinski definition) is 0. The fourth-order valence-electron chi connectivity index (χ4n) is 1.42. The van der Waals surface area contributed by atoms with Crippen LogP contribution in [0.3, 0.4) is 0 Å². The second-order valence-corrected chi connectivity index (χ2v) is 4.36. The third-order valence-electron chi connectivity index (χ3n) is 2.37. The molecule has 0 atom stereocenters. The Hall–Kier alpha value is -0.890. The molecule has 0 spiro atoms. The normalized spacial score (nSPS) is 8.77. The van der Waals surface area contributed by atoms with E-state index in [1.165, 1.54) is 6.08 Å². The smallest absolute Gasteiger partial charge is 0.697 e. The van der Waals surface area contributed by atoms with E-state index in [1.807, 2.05) is 27.7 Å². The monoisotopic (exact) mass is 453 g/mol. The second-order valence-electron chi connectivity index (χ2n) is 4.36. The minimum absolute atomic E-state index is 0. The molecular formula is C23H38FNaO6. The summed E-state index contributed by atoms with van der Waals surface area (Å²) in [5.41, 5.74) is 0. The van der Waals surface area contributed by atoms with Gasteiger partial charge in [-0.05, 0) is 45.6 Å². The van der Waals surface area contributed by atoms with E-state index in [1.54, 1.807) is 7.11 Å². The Morgan fingerprint density at radius 2 is 1.42 bits per heavy atom. The average molecular weight is 454 g/mol. The zero-order chi connectivity index (χ0) is 24.6. The largest absolute Gasteiger partial charge is 1.00 e. The SMILES string of the molecule is C=CC#CC(OCC)OCC.CCOC(C#CCCOCOC)OCC.[2H]CF.[C-]#C.[Na+]. The summed E-state index contributed by atoms with van der Waals surface area (Å²) in [7, 11) is 0.589. The Labute approximate surface area is 213 Å². The van der Waals surface area contributed by atoms with Crippen LogP contribution in [0.4, 0.5) is 4.39 Å². The molecule has 0 radical (unpaired) electrons. The van der Waals surface area contributed by atoms with Crippen LogP contribution in [-0.4, -0.2) is 66.7 Å². The van der Waals surface area contributed by atoms with E-state index in [-0.39, 0.29) is 29.6 Å². The standard InChI is InChI=1S/C11H20O4.C9H14O2.C2H.CH3F.Na/c1-4-14-11(15-5-2)8-6-7-9-13-10-12-3;1-4-7-8-9(10-5-2)11-6-3;2*1-2;/h11H,4-5,7,9-10H2,1-3H3;4,9H,1,5-6H2,2-3H3;1H;1H3;/q;;-1;;+1/i;;;1D;. The van der Waals surface area contributed by atoms with Crippen molar-refractivity contribution in [1.29, 1.82) is 0 Å². The molecular weight excluding hydrogens is 414 g/mol. The average Bonchev–Trinajstić information content (AvgIpc) is 2.77. The maximum atomic E-state index is 9.96. The van der Waals surface area contributed by atoms with Gasteiger partial charge in [-0.3, -0.25) is 4.39 Å². The maximum absolute atomic E-state index is 9.96. The van der Waals surface area contributed by atoms with E-state index in [9.17, 15) is 4.39 Å². The van der Waals surface area contributed by atoms with Gasteiger partial charge in [0, 0.05) is 40.0 Å². The summed E-state index contributed by atoms with van der Waals surface area (Å²) < 4.78 is 46.1. The molecule has 0 saturated heterocycles. The predicted molar refractivity (Wildman–Crippen MR) is 117 cm³/mol. The summed E-state index contributed by atoms with van der Waals surface area (Å²) in [5, 5.41) is 0. The van der Waals surface area contributed by atoms with E-state index in [0.717, 1.165) is 0 Å². The molecule has 0 aromatic heterocycles. The van der Waals surface area contributed by atoms with Crippen molar-refractivity contribution in [2.24, 2.45) is 0 Å². The number of allylic oxidation sites excluding steroid dienone is 1. The van der Waals surface area contributed by atoms with E-state index in [0.29, 0.717) is 46.2 Å². The number of rotatable bonds is 12. The first-order chi connectivity index (χ1) is 15.1. The Morgan fingerprint density at radius 3 is 1.77 bits per heavy atom. The first-order valence-corrected chi connectivity index (χ1v) is 9.38. The van der Waals surface area contributed by atoms with Gasteiger partial charge in [0.2, 0.25) is 12.6 Å². The van der Waals surface area contributed by atoms with Gasteiger partial charge in [0.1, 0.15) is 6.79 Å². The van der Waals surface area contributed by atoms with Crippen molar-refractivity contribution in [2.45, 2.75) is 46.7 Å². The number of ether oxygens (including phenoxy) is 6. The molecule has 31 heavy (non-hydrogen) atoms. The fourth-order valence-corrected chi connectivity index (χ4v) is 1.42. The molecule has 0 amide bonds. The zero-order valence-electron chi connectivity index (χ0n) is 21.0. The minimum atomic E-state index is -1.00. The number of halogens is 1. The number of alkyl halides is 1. The van der Waals surface area contributed by atoms with Crippen molar-refractivity contribution in [3.63, 3.8) is 0 Å². The van der Waals surface area contributed by atoms with Crippen LogP contribution in [0.1, 0.15) is 35.5 Å². The van der Waals surface area contributed by atoms with Crippen LogP contribution >= 0.6 is 0 Å². The Balaban J connectivity index is -0.000000126. The van der Waals surface area contributed by atoms with Gasteiger partial charge >= 0.3 is 29.6 Å². The molecule has 8 heteroatoms. The second kappa shape index (κ2) is 43.1. The third-order valence-corrected chi connectivity index (χ3v) is 2.37. The molecule has 0 fully saturated rings. The van der Waals surface area contributed by atoms with Gasteiger partial charge < -0.3 is 41.3 Å². The number of terminal acetylenes is 1.